The normalized spacial score (nSPS) is 14.8. The third-order valence-electron chi connectivity index (χ3n) is 10.8. The van der Waals surface area contributed by atoms with E-state index in [1.54, 1.807) is 9.80 Å². The van der Waals surface area contributed by atoms with Crippen molar-refractivity contribution in [2.24, 2.45) is 0 Å². The summed E-state index contributed by atoms with van der Waals surface area (Å²) in [6.45, 7) is 25.5. The molecule has 0 saturated carbocycles. The predicted molar refractivity (Wildman–Crippen MR) is 267 cm³/mol. The molecule has 2 aliphatic heterocycles. The van der Waals surface area contributed by atoms with Crippen LogP contribution in [0.25, 0.3) is 0 Å². The number of amides is 6. The first kappa shape index (κ1) is 63.2. The highest BCUT2D eigenvalue weighted by atomic mass is 16.6. The number of carbonyl (C=O) groups excluding carboxylic acids is 6. The number of nitrogens with zero attached hydrogens (tertiary/aromatic N) is 4. The van der Waals surface area contributed by atoms with Gasteiger partial charge in [0, 0.05) is 144 Å². The van der Waals surface area contributed by atoms with E-state index in [2.05, 4.69) is 31.1 Å². The zero-order valence-electron chi connectivity index (χ0n) is 44.3. The second-order valence-electron chi connectivity index (χ2n) is 19.5. The van der Waals surface area contributed by atoms with Gasteiger partial charge in [-0.2, -0.15) is 0 Å². The van der Waals surface area contributed by atoms with E-state index in [0.29, 0.717) is 190 Å². The summed E-state index contributed by atoms with van der Waals surface area (Å²) in [6, 6.07) is 0. The molecule has 0 aromatic rings. The van der Waals surface area contributed by atoms with Gasteiger partial charge in [-0.25, -0.2) is 9.59 Å². The van der Waals surface area contributed by atoms with Crippen LogP contribution in [-0.4, -0.2) is 238 Å². The lowest BCUT2D eigenvalue weighted by atomic mass is 10.2. The fourth-order valence-electron chi connectivity index (χ4n) is 6.94. The molecule has 2 heterocycles. The minimum absolute atomic E-state index is 0.00495. The second-order valence-corrected chi connectivity index (χ2v) is 19.5. The van der Waals surface area contributed by atoms with Crippen molar-refractivity contribution in [3.63, 3.8) is 0 Å². The van der Waals surface area contributed by atoms with Gasteiger partial charge < -0.3 is 69.0 Å². The van der Waals surface area contributed by atoms with Gasteiger partial charge in [0.25, 0.3) is 0 Å². The van der Waals surface area contributed by atoms with E-state index >= 15 is 0 Å². The Hall–Kier alpha value is -3.90. The molecule has 412 valence electrons. The first-order valence-corrected chi connectivity index (χ1v) is 25.9. The smallest absolute Gasteiger partial charge is 0.410 e. The molecule has 2 aliphatic rings. The van der Waals surface area contributed by atoms with Crippen molar-refractivity contribution in [3.8, 4) is 0 Å². The summed E-state index contributed by atoms with van der Waals surface area (Å²) in [4.78, 5) is 80.9. The predicted octanol–water partition coefficient (Wildman–Crippen LogP) is 2.17. The van der Waals surface area contributed by atoms with E-state index in [0.717, 1.165) is 26.2 Å². The summed E-state index contributed by atoms with van der Waals surface area (Å²) >= 11 is 0. The Kier molecular flexibility index (Phi) is 34.4. The number of piperazine rings is 2. The van der Waals surface area contributed by atoms with E-state index in [4.69, 9.17) is 37.9 Å². The highest BCUT2D eigenvalue weighted by molar-refractivity contribution is 5.79. The number of hydrogen-bond donors (Lipinski definition) is 4. The second kappa shape index (κ2) is 38.7. The van der Waals surface area contributed by atoms with Crippen molar-refractivity contribution in [1.82, 2.24) is 40.9 Å². The molecule has 0 aromatic carbocycles. The first-order chi connectivity index (χ1) is 34.0. The van der Waals surface area contributed by atoms with Crippen molar-refractivity contribution >= 4 is 35.8 Å². The molecule has 22 nitrogen and oxygen atoms in total. The minimum Gasteiger partial charge on any atom is -0.444 e. The van der Waals surface area contributed by atoms with Gasteiger partial charge >= 0.3 is 12.2 Å². The molecular weight excluding hydrogens is 925 g/mol. The van der Waals surface area contributed by atoms with Crippen LogP contribution in [0.15, 0.2) is 0 Å². The molecular formula is C49H92N8O14. The molecule has 0 atom stereocenters. The van der Waals surface area contributed by atoms with Gasteiger partial charge in [0.15, 0.2) is 0 Å². The van der Waals surface area contributed by atoms with Crippen LogP contribution in [0.5, 0.6) is 0 Å². The lowest BCUT2D eigenvalue weighted by molar-refractivity contribution is -0.123. The van der Waals surface area contributed by atoms with Gasteiger partial charge in [0.1, 0.15) is 11.2 Å². The Morgan fingerprint density at radius 2 is 0.606 bits per heavy atom. The summed E-state index contributed by atoms with van der Waals surface area (Å²) in [5.41, 5.74) is -1.02. The lowest BCUT2D eigenvalue weighted by Gasteiger charge is -2.35. The molecule has 71 heavy (non-hydrogen) atoms. The van der Waals surface area contributed by atoms with Gasteiger partial charge in [-0.1, -0.05) is 0 Å². The van der Waals surface area contributed by atoms with Crippen LogP contribution in [0, 0.1) is 0 Å². The van der Waals surface area contributed by atoms with Crippen molar-refractivity contribution in [1.29, 1.82) is 0 Å². The molecule has 0 aliphatic carbocycles. The summed E-state index contributed by atoms with van der Waals surface area (Å²) in [5.74, 6) is -0.170. The molecule has 2 rings (SSSR count). The Morgan fingerprint density at radius 1 is 0.352 bits per heavy atom. The molecule has 0 radical (unpaired) electrons. The van der Waals surface area contributed by atoms with Crippen molar-refractivity contribution in [3.05, 3.63) is 0 Å². The van der Waals surface area contributed by atoms with Crippen LogP contribution in [-0.2, 0) is 57.1 Å². The average molecular weight is 1020 g/mol. The fraction of sp³-hybridized carbons (Fsp3) is 0.878. The van der Waals surface area contributed by atoms with Crippen molar-refractivity contribution in [2.45, 2.75) is 111 Å². The van der Waals surface area contributed by atoms with E-state index in [1.807, 2.05) is 41.5 Å². The summed E-state index contributed by atoms with van der Waals surface area (Å²) < 4.78 is 44.2. The molecule has 0 unspecified atom stereocenters. The van der Waals surface area contributed by atoms with Crippen LogP contribution in [0.2, 0.25) is 0 Å². The standard InChI is InChI=1S/C49H92N8O14/c1-48(2,3)70-46(62)56-26-22-54(23-27-56)20-14-44(60)52-18-10-32-66-36-40-68-38-34-64-30-8-16-50-42(58)12-7-13-43(59)51-17-9-31-65-35-39-69-41-37-67-33-11-19-53-45(61)15-21-55-24-28-57(29-25-55)47(63)71-49(4,5)6/h7-41H2,1-6H3,(H,50,58)(H,51,59)(H,52,60)(H,53,61). The number of nitrogens with one attached hydrogen (secondary N) is 4. The molecule has 6 amide bonds. The minimum atomic E-state index is -0.511. The molecule has 0 spiro atoms. The van der Waals surface area contributed by atoms with Gasteiger partial charge in [-0.3, -0.25) is 29.0 Å². The van der Waals surface area contributed by atoms with E-state index in [9.17, 15) is 28.8 Å². The number of carbonyl (C=O) groups is 6. The molecule has 2 fully saturated rings. The van der Waals surface area contributed by atoms with Crippen LogP contribution in [0.4, 0.5) is 9.59 Å². The van der Waals surface area contributed by atoms with Gasteiger partial charge in [-0.15, -0.1) is 0 Å². The Bertz CT molecular complexity index is 1360. The maximum Gasteiger partial charge on any atom is 0.410 e. The third-order valence-corrected chi connectivity index (χ3v) is 10.8. The number of ether oxygens (including phenoxy) is 8. The number of hydrogen-bond acceptors (Lipinski definition) is 16. The lowest BCUT2D eigenvalue weighted by Crippen LogP contribution is -2.50. The number of rotatable bonds is 38. The van der Waals surface area contributed by atoms with Crippen LogP contribution in [0.1, 0.15) is 99.3 Å². The average Bonchev–Trinajstić information content (AvgIpc) is 3.31. The first-order valence-electron chi connectivity index (χ1n) is 25.9. The van der Waals surface area contributed by atoms with E-state index in [1.165, 1.54) is 0 Å². The molecule has 0 bridgehead atoms. The zero-order chi connectivity index (χ0) is 52.0. The molecule has 22 heteroatoms. The van der Waals surface area contributed by atoms with E-state index < -0.39 is 11.2 Å². The Labute approximate surface area is 423 Å². The van der Waals surface area contributed by atoms with Gasteiger partial charge in [0.05, 0.1) is 52.9 Å². The summed E-state index contributed by atoms with van der Waals surface area (Å²) in [6.07, 6.45) is 4.06. The SMILES string of the molecule is CC(C)(C)OC(=O)N1CCN(CCC(=O)NCCCOCCOCCOCCCNC(=O)CCCC(=O)NCCCOCCOCCOCCCNC(=O)CCN2CCN(C(=O)OC(C)(C)C)CC2)CC1. The van der Waals surface area contributed by atoms with Crippen LogP contribution in [0.3, 0.4) is 0 Å². The summed E-state index contributed by atoms with van der Waals surface area (Å²) in [5, 5.41) is 11.6. The van der Waals surface area contributed by atoms with E-state index in [-0.39, 0.29) is 48.7 Å². The Balaban J connectivity index is 1.23. The quantitative estimate of drug-likeness (QED) is 0.0649. The van der Waals surface area contributed by atoms with Crippen molar-refractivity contribution < 1.29 is 66.7 Å². The Morgan fingerprint density at radius 3 is 0.873 bits per heavy atom. The highest BCUT2D eigenvalue weighted by Crippen LogP contribution is 2.13. The van der Waals surface area contributed by atoms with Crippen LogP contribution < -0.4 is 21.3 Å². The third kappa shape index (κ3) is 36.6. The maximum absolute atomic E-state index is 12.2. The highest BCUT2D eigenvalue weighted by Gasteiger charge is 2.27. The molecule has 2 saturated heterocycles. The summed E-state index contributed by atoms with van der Waals surface area (Å²) in [7, 11) is 0. The maximum atomic E-state index is 12.2. The zero-order valence-corrected chi connectivity index (χ0v) is 44.3. The molecule has 4 N–H and O–H groups in total. The topological polar surface area (TPSA) is 237 Å². The monoisotopic (exact) mass is 1020 g/mol. The largest absolute Gasteiger partial charge is 0.444 e. The molecule has 0 aromatic heterocycles. The van der Waals surface area contributed by atoms with Crippen molar-refractivity contribution in [2.75, 3.05) is 171 Å². The van der Waals surface area contributed by atoms with Gasteiger partial charge in [0.2, 0.25) is 23.6 Å². The van der Waals surface area contributed by atoms with Crippen LogP contribution >= 0.6 is 0 Å². The fourth-order valence-corrected chi connectivity index (χ4v) is 6.94. The van der Waals surface area contributed by atoms with Gasteiger partial charge in [-0.05, 0) is 73.6 Å².